The molecule has 0 saturated carbocycles. The minimum absolute atomic E-state index is 0.119. The van der Waals surface area contributed by atoms with Gasteiger partial charge in [-0.1, -0.05) is 13.3 Å². The maximum Gasteiger partial charge on any atom is 0.248 e. The second-order valence-corrected chi connectivity index (χ2v) is 5.46. The number of carbonyl (C=O) groups is 1. The number of carbonyl (C=O) groups excluding carboxylic acids is 1. The van der Waals surface area contributed by atoms with E-state index in [1.165, 1.54) is 0 Å². The lowest BCUT2D eigenvalue weighted by molar-refractivity contribution is -0.130. The van der Waals surface area contributed by atoms with Crippen molar-refractivity contribution in [3.8, 4) is 11.5 Å². The predicted molar refractivity (Wildman–Crippen MR) is 78.5 cm³/mol. The minimum atomic E-state index is 0.119. The van der Waals surface area contributed by atoms with Gasteiger partial charge in [0.1, 0.15) is 0 Å². The van der Waals surface area contributed by atoms with E-state index in [9.17, 15) is 4.79 Å². The smallest absolute Gasteiger partial charge is 0.248 e. The fourth-order valence-corrected chi connectivity index (χ4v) is 2.41. The Morgan fingerprint density at radius 1 is 1.45 bits per heavy atom. The SMILES string of the molecule is CCCCN(C)C(=O)CCc1nnc(-c2ccsc2)o1. The van der Waals surface area contributed by atoms with Crippen molar-refractivity contribution in [1.82, 2.24) is 15.1 Å². The zero-order valence-electron chi connectivity index (χ0n) is 11.8. The average Bonchev–Trinajstić information content (AvgIpc) is 3.12. The number of aromatic nitrogens is 2. The van der Waals surface area contributed by atoms with E-state index in [-0.39, 0.29) is 5.91 Å². The Bertz CT molecular complexity index is 536. The first-order valence-electron chi connectivity index (χ1n) is 6.79. The van der Waals surface area contributed by atoms with Crippen molar-refractivity contribution in [3.05, 3.63) is 22.7 Å². The zero-order valence-corrected chi connectivity index (χ0v) is 12.7. The van der Waals surface area contributed by atoms with Crippen molar-refractivity contribution < 1.29 is 9.21 Å². The highest BCUT2D eigenvalue weighted by Crippen LogP contribution is 2.20. The van der Waals surface area contributed by atoms with Crippen LogP contribution in [-0.2, 0) is 11.2 Å². The number of thiophene rings is 1. The van der Waals surface area contributed by atoms with Crippen LogP contribution < -0.4 is 0 Å². The van der Waals surface area contributed by atoms with E-state index >= 15 is 0 Å². The van der Waals surface area contributed by atoms with Crippen LogP contribution >= 0.6 is 11.3 Å². The summed E-state index contributed by atoms with van der Waals surface area (Å²) >= 11 is 1.58. The van der Waals surface area contributed by atoms with E-state index in [0.717, 1.165) is 24.9 Å². The molecule has 0 atom stereocenters. The van der Waals surface area contributed by atoms with Gasteiger partial charge < -0.3 is 9.32 Å². The predicted octanol–water partition coefficient (Wildman–Crippen LogP) is 2.99. The molecule has 0 bridgehead atoms. The summed E-state index contributed by atoms with van der Waals surface area (Å²) in [7, 11) is 1.84. The molecule has 2 aromatic rings. The third-order valence-corrected chi connectivity index (χ3v) is 3.74. The lowest BCUT2D eigenvalue weighted by Gasteiger charge is -2.15. The number of hydrogen-bond donors (Lipinski definition) is 0. The second-order valence-electron chi connectivity index (χ2n) is 4.68. The first kappa shape index (κ1) is 14.7. The molecule has 20 heavy (non-hydrogen) atoms. The van der Waals surface area contributed by atoms with Gasteiger partial charge in [0.05, 0.1) is 0 Å². The summed E-state index contributed by atoms with van der Waals surface area (Å²) in [6.45, 7) is 2.92. The van der Waals surface area contributed by atoms with Crippen molar-refractivity contribution >= 4 is 17.2 Å². The van der Waals surface area contributed by atoms with Gasteiger partial charge in [-0.15, -0.1) is 10.2 Å². The Morgan fingerprint density at radius 3 is 3.00 bits per heavy atom. The molecule has 0 saturated heterocycles. The van der Waals surface area contributed by atoms with Gasteiger partial charge in [0.2, 0.25) is 17.7 Å². The third kappa shape index (κ3) is 3.90. The van der Waals surface area contributed by atoms with Crippen LogP contribution in [0.3, 0.4) is 0 Å². The van der Waals surface area contributed by atoms with E-state index in [1.807, 2.05) is 23.9 Å². The molecule has 0 aliphatic carbocycles. The van der Waals surface area contributed by atoms with Crippen molar-refractivity contribution in [2.24, 2.45) is 0 Å². The van der Waals surface area contributed by atoms with E-state index in [1.54, 1.807) is 16.2 Å². The standard InChI is InChI=1S/C14H19N3O2S/c1-3-4-8-17(2)13(18)6-5-12-15-16-14(19-12)11-7-9-20-10-11/h7,9-10H,3-6,8H2,1-2H3. The molecule has 2 heterocycles. The summed E-state index contributed by atoms with van der Waals surface area (Å²) in [6.07, 6.45) is 3.02. The Labute approximate surface area is 122 Å². The van der Waals surface area contributed by atoms with Crippen molar-refractivity contribution in [3.63, 3.8) is 0 Å². The molecule has 5 nitrogen and oxygen atoms in total. The molecule has 0 unspecified atom stereocenters. The first-order valence-corrected chi connectivity index (χ1v) is 7.74. The molecule has 0 fully saturated rings. The lowest BCUT2D eigenvalue weighted by Crippen LogP contribution is -2.27. The molecule has 0 N–H and O–H groups in total. The molecule has 0 spiro atoms. The summed E-state index contributed by atoms with van der Waals surface area (Å²) in [5.74, 6) is 1.16. The van der Waals surface area contributed by atoms with Crippen LogP contribution in [0.25, 0.3) is 11.5 Å². The summed E-state index contributed by atoms with van der Waals surface area (Å²) < 4.78 is 5.55. The average molecular weight is 293 g/mol. The number of hydrogen-bond acceptors (Lipinski definition) is 5. The van der Waals surface area contributed by atoms with Gasteiger partial charge in [-0.25, -0.2) is 0 Å². The second kappa shape index (κ2) is 7.19. The molecule has 1 amide bonds. The quantitative estimate of drug-likeness (QED) is 0.787. The van der Waals surface area contributed by atoms with Gasteiger partial charge >= 0.3 is 0 Å². The maximum atomic E-state index is 11.9. The summed E-state index contributed by atoms with van der Waals surface area (Å²) in [5.41, 5.74) is 0.931. The molecule has 6 heteroatoms. The fraction of sp³-hybridized carbons (Fsp3) is 0.500. The lowest BCUT2D eigenvalue weighted by atomic mass is 10.2. The number of amides is 1. The van der Waals surface area contributed by atoms with Crippen LogP contribution in [0.5, 0.6) is 0 Å². The topological polar surface area (TPSA) is 59.2 Å². The van der Waals surface area contributed by atoms with Gasteiger partial charge in [-0.2, -0.15) is 11.3 Å². The van der Waals surface area contributed by atoms with E-state index in [0.29, 0.717) is 24.6 Å². The largest absolute Gasteiger partial charge is 0.421 e. The van der Waals surface area contributed by atoms with Gasteiger partial charge in [0.25, 0.3) is 0 Å². The van der Waals surface area contributed by atoms with Gasteiger partial charge in [0, 0.05) is 37.4 Å². The summed E-state index contributed by atoms with van der Waals surface area (Å²) in [4.78, 5) is 13.7. The van der Waals surface area contributed by atoms with Crippen LogP contribution in [0.2, 0.25) is 0 Å². The van der Waals surface area contributed by atoms with Crippen molar-refractivity contribution in [1.29, 1.82) is 0 Å². The molecule has 2 aromatic heterocycles. The van der Waals surface area contributed by atoms with Crippen LogP contribution in [0.4, 0.5) is 0 Å². The van der Waals surface area contributed by atoms with Gasteiger partial charge in [0.15, 0.2) is 0 Å². The van der Waals surface area contributed by atoms with Crippen LogP contribution in [0.1, 0.15) is 32.1 Å². The normalized spacial score (nSPS) is 10.7. The Morgan fingerprint density at radius 2 is 2.30 bits per heavy atom. The number of nitrogens with zero attached hydrogens (tertiary/aromatic N) is 3. The molecule has 0 aromatic carbocycles. The van der Waals surface area contributed by atoms with E-state index < -0.39 is 0 Å². The van der Waals surface area contributed by atoms with Crippen LogP contribution in [0.15, 0.2) is 21.2 Å². The number of unbranched alkanes of at least 4 members (excludes halogenated alkanes) is 1. The maximum absolute atomic E-state index is 11.9. The highest BCUT2D eigenvalue weighted by Gasteiger charge is 2.12. The number of aryl methyl sites for hydroxylation is 1. The molecule has 108 valence electrons. The van der Waals surface area contributed by atoms with Crippen molar-refractivity contribution in [2.75, 3.05) is 13.6 Å². The monoisotopic (exact) mass is 293 g/mol. The Kier molecular flexibility index (Phi) is 5.29. The Balaban J connectivity index is 1.84. The Hall–Kier alpha value is -1.69. The minimum Gasteiger partial charge on any atom is -0.421 e. The zero-order chi connectivity index (χ0) is 14.4. The molecule has 0 aliphatic rings. The van der Waals surface area contributed by atoms with Crippen LogP contribution in [0, 0.1) is 0 Å². The van der Waals surface area contributed by atoms with E-state index in [2.05, 4.69) is 17.1 Å². The molecule has 2 rings (SSSR count). The van der Waals surface area contributed by atoms with Gasteiger partial charge in [-0.3, -0.25) is 4.79 Å². The molecule has 0 aliphatic heterocycles. The summed E-state index contributed by atoms with van der Waals surface area (Å²) in [6, 6.07) is 1.94. The third-order valence-electron chi connectivity index (χ3n) is 3.06. The van der Waals surface area contributed by atoms with Crippen LogP contribution in [-0.4, -0.2) is 34.6 Å². The molecular formula is C14H19N3O2S. The first-order chi connectivity index (χ1) is 9.70. The fourth-order valence-electron chi connectivity index (χ4n) is 1.78. The summed E-state index contributed by atoms with van der Waals surface area (Å²) in [5, 5.41) is 11.9. The highest BCUT2D eigenvalue weighted by molar-refractivity contribution is 7.08. The van der Waals surface area contributed by atoms with Crippen molar-refractivity contribution in [2.45, 2.75) is 32.6 Å². The molecule has 0 radical (unpaired) electrons. The molecular weight excluding hydrogens is 274 g/mol. The number of rotatable bonds is 7. The van der Waals surface area contributed by atoms with Gasteiger partial charge in [-0.05, 0) is 17.9 Å². The highest BCUT2D eigenvalue weighted by atomic mass is 32.1. The van der Waals surface area contributed by atoms with E-state index in [4.69, 9.17) is 4.42 Å².